The summed E-state index contributed by atoms with van der Waals surface area (Å²) in [5, 5.41) is 7.46. The second-order valence-electron chi connectivity index (χ2n) is 18.5. The van der Waals surface area contributed by atoms with E-state index in [1.807, 2.05) is 11.3 Å². The quantitative estimate of drug-likeness (QED) is 0.159. The summed E-state index contributed by atoms with van der Waals surface area (Å²) in [6.45, 7) is 4.53. The Morgan fingerprint density at radius 3 is 1.77 bits per heavy atom. The van der Waals surface area contributed by atoms with Crippen LogP contribution in [0.25, 0.3) is 103 Å². The number of aromatic nitrogens is 2. The highest BCUT2D eigenvalue weighted by Gasteiger charge is 2.21. The Balaban J connectivity index is 0.878. The molecule has 0 N–H and O–H groups in total. The van der Waals surface area contributed by atoms with Crippen LogP contribution in [0.1, 0.15) is 12.0 Å². The number of para-hydroxylation sites is 3. The van der Waals surface area contributed by atoms with Crippen LogP contribution in [0.5, 0.6) is 5.75 Å². The van der Waals surface area contributed by atoms with Gasteiger partial charge in [-0.1, -0.05) is 122 Å². The van der Waals surface area contributed by atoms with Crippen LogP contribution < -0.4 is 9.64 Å². The molecule has 1 aliphatic carbocycles. The standard InChI is InChI=1S/C66H45N3OS/c1-43-14-12-13-37-67(48-15-4-2-5-16-48)60-33-23-44(38-56(43)60)46-25-35-63-58(40-46)59-41-47(45-24-34-62-57(39-45)53-19-8-10-21-61(53)68(62)49-17-6-3-7-18-49)26-36-64(59)69(63)50-27-29-51(30-28-50)70-52-31-32-55-54-20-9-11-22-65(54)71-66(55)42-52/h2-29,31-42,51H,1,30H2/b14-12-,37-13-. The fraction of sp³-hybridized carbons (Fsp3) is 0.0303. The topological polar surface area (TPSA) is 22.3 Å². The smallest absolute Gasteiger partial charge is 0.121 e. The number of rotatable bonds is 7. The molecule has 4 nitrogen and oxygen atoms in total. The Kier molecular flexibility index (Phi) is 9.64. The summed E-state index contributed by atoms with van der Waals surface area (Å²) >= 11 is 1.82. The van der Waals surface area contributed by atoms with Crippen molar-refractivity contribution in [2.75, 3.05) is 4.90 Å². The number of ether oxygens (including phenoxy) is 1. The highest BCUT2D eigenvalue weighted by molar-refractivity contribution is 7.25. The van der Waals surface area contributed by atoms with Crippen molar-refractivity contribution in [1.82, 2.24) is 9.13 Å². The minimum absolute atomic E-state index is 0.0740. The second-order valence-corrected chi connectivity index (χ2v) is 19.6. The fourth-order valence-corrected chi connectivity index (χ4v) is 12.1. The molecule has 0 saturated heterocycles. The third-order valence-corrected chi connectivity index (χ3v) is 15.5. The average molecular weight is 928 g/mol. The van der Waals surface area contributed by atoms with Crippen LogP contribution in [0.4, 0.5) is 11.4 Å². The first-order chi connectivity index (χ1) is 35.1. The van der Waals surface area contributed by atoms with Crippen molar-refractivity contribution in [2.45, 2.75) is 12.5 Å². The summed E-state index contributed by atoms with van der Waals surface area (Å²) in [6, 6.07) is 72.8. The Bertz CT molecular complexity index is 4260. The van der Waals surface area contributed by atoms with Gasteiger partial charge in [0, 0.05) is 77.0 Å². The van der Waals surface area contributed by atoms with Crippen molar-refractivity contribution in [2.24, 2.45) is 0 Å². The Morgan fingerprint density at radius 1 is 0.465 bits per heavy atom. The molecule has 2 aliphatic rings. The summed E-state index contributed by atoms with van der Waals surface area (Å²) in [5.74, 6) is 0.896. The first kappa shape index (κ1) is 41.1. The van der Waals surface area contributed by atoms with Crippen LogP contribution in [0, 0.1) is 0 Å². The molecular formula is C66H45N3OS. The van der Waals surface area contributed by atoms with Crippen molar-refractivity contribution in [3.8, 4) is 33.7 Å². The highest BCUT2D eigenvalue weighted by atomic mass is 32.1. The molecule has 0 bridgehead atoms. The molecule has 0 amide bonds. The molecule has 5 heteroatoms. The summed E-state index contributed by atoms with van der Waals surface area (Å²) in [4.78, 5) is 2.24. The molecule has 12 aromatic rings. The minimum Gasteiger partial charge on any atom is -0.486 e. The average Bonchev–Trinajstić information content (AvgIpc) is 4.08. The maximum absolute atomic E-state index is 6.65. The molecule has 0 spiro atoms. The number of allylic oxidation sites excluding steroid dienone is 6. The van der Waals surface area contributed by atoms with E-state index in [1.54, 1.807) is 0 Å². The monoisotopic (exact) mass is 927 g/mol. The van der Waals surface area contributed by atoms with Gasteiger partial charge in [-0.15, -0.1) is 11.3 Å². The van der Waals surface area contributed by atoms with Crippen LogP contribution in [0.3, 0.4) is 0 Å². The number of fused-ring (bicyclic) bond motifs is 10. The molecule has 71 heavy (non-hydrogen) atoms. The lowest BCUT2D eigenvalue weighted by atomic mass is 9.95. The number of thiophene rings is 1. The minimum atomic E-state index is -0.0740. The molecule has 1 aliphatic heterocycles. The van der Waals surface area contributed by atoms with Gasteiger partial charge in [-0.2, -0.15) is 0 Å². The third-order valence-electron chi connectivity index (χ3n) is 14.3. The van der Waals surface area contributed by atoms with Crippen molar-refractivity contribution in [3.05, 3.63) is 255 Å². The zero-order chi connectivity index (χ0) is 47.0. The van der Waals surface area contributed by atoms with Gasteiger partial charge in [-0.3, -0.25) is 0 Å². The second kappa shape index (κ2) is 16.7. The molecule has 4 heterocycles. The first-order valence-electron chi connectivity index (χ1n) is 24.3. The van der Waals surface area contributed by atoms with Crippen LogP contribution in [0.15, 0.2) is 249 Å². The molecule has 0 fully saturated rings. The lowest BCUT2D eigenvalue weighted by Crippen LogP contribution is -2.15. The number of hydrogen-bond donors (Lipinski definition) is 0. The molecule has 14 rings (SSSR count). The summed E-state index contributed by atoms with van der Waals surface area (Å²) < 4.78 is 14.0. The molecule has 9 aromatic carbocycles. The van der Waals surface area contributed by atoms with Crippen molar-refractivity contribution in [1.29, 1.82) is 0 Å². The summed E-state index contributed by atoms with van der Waals surface area (Å²) in [7, 11) is 0. The van der Waals surface area contributed by atoms with E-state index in [2.05, 4.69) is 263 Å². The zero-order valence-corrected chi connectivity index (χ0v) is 39.6. The van der Waals surface area contributed by atoms with Crippen molar-refractivity contribution in [3.63, 3.8) is 0 Å². The van der Waals surface area contributed by atoms with Gasteiger partial charge in [-0.25, -0.2) is 0 Å². The fourth-order valence-electron chi connectivity index (χ4n) is 10.9. The molecule has 0 radical (unpaired) electrons. The molecule has 336 valence electrons. The van der Waals surface area contributed by atoms with E-state index in [9.17, 15) is 0 Å². The number of anilines is 2. The van der Waals surface area contributed by atoms with Gasteiger partial charge in [0.1, 0.15) is 11.9 Å². The van der Waals surface area contributed by atoms with E-state index >= 15 is 0 Å². The summed E-state index contributed by atoms with van der Waals surface area (Å²) in [6.07, 6.45) is 15.8. The third kappa shape index (κ3) is 6.96. The molecule has 1 unspecified atom stereocenters. The van der Waals surface area contributed by atoms with E-state index in [4.69, 9.17) is 4.74 Å². The number of hydrogen-bond acceptors (Lipinski definition) is 3. The van der Waals surface area contributed by atoms with Crippen molar-refractivity contribution < 1.29 is 4.74 Å². The van der Waals surface area contributed by atoms with Gasteiger partial charge in [0.15, 0.2) is 0 Å². The van der Waals surface area contributed by atoms with Gasteiger partial charge in [0.2, 0.25) is 0 Å². The van der Waals surface area contributed by atoms with E-state index in [0.717, 1.165) is 68.2 Å². The normalized spacial score (nSPS) is 15.7. The Morgan fingerprint density at radius 2 is 1.06 bits per heavy atom. The SMILES string of the molecule is C=C1/C=C\C=C/N(c2ccccc2)c2ccc(-c3ccc4c(c3)c3cc(-c5ccc6c(c5)c5ccccc5n6-c5ccccc5)ccc3n4C3=CCC(Oc4ccc5c(c4)sc4ccccc45)C=C3)cc21. The van der Waals surface area contributed by atoms with Crippen LogP contribution in [0.2, 0.25) is 0 Å². The first-order valence-corrected chi connectivity index (χ1v) is 25.1. The molecule has 0 saturated carbocycles. The number of benzene rings is 9. The largest absolute Gasteiger partial charge is 0.486 e. The highest BCUT2D eigenvalue weighted by Crippen LogP contribution is 2.43. The molecular weight excluding hydrogens is 883 g/mol. The van der Waals surface area contributed by atoms with E-state index in [0.29, 0.717) is 0 Å². The lowest BCUT2D eigenvalue weighted by Gasteiger charge is -2.25. The van der Waals surface area contributed by atoms with Crippen LogP contribution in [-0.2, 0) is 0 Å². The zero-order valence-electron chi connectivity index (χ0n) is 38.7. The van der Waals surface area contributed by atoms with Crippen LogP contribution in [-0.4, -0.2) is 15.2 Å². The van der Waals surface area contributed by atoms with E-state index < -0.39 is 0 Å². The van der Waals surface area contributed by atoms with Crippen LogP contribution >= 0.6 is 11.3 Å². The van der Waals surface area contributed by atoms with Gasteiger partial charge in [0.05, 0.1) is 27.8 Å². The van der Waals surface area contributed by atoms with Gasteiger partial charge in [-0.05, 0) is 149 Å². The van der Waals surface area contributed by atoms with Crippen molar-refractivity contribution >= 4 is 97.8 Å². The maximum Gasteiger partial charge on any atom is 0.121 e. The maximum atomic E-state index is 6.65. The predicted molar refractivity (Wildman–Crippen MR) is 302 cm³/mol. The van der Waals surface area contributed by atoms with Gasteiger partial charge < -0.3 is 18.8 Å². The predicted octanol–water partition coefficient (Wildman–Crippen LogP) is 18.1. The Hall–Kier alpha value is -8.90. The Labute approximate surface area is 415 Å². The lowest BCUT2D eigenvalue weighted by molar-refractivity contribution is 0.252. The van der Waals surface area contributed by atoms with Gasteiger partial charge >= 0.3 is 0 Å². The number of nitrogens with zero attached hydrogens (tertiary/aromatic N) is 3. The molecule has 3 aromatic heterocycles. The summed E-state index contributed by atoms with van der Waals surface area (Å²) in [5.41, 5.74) is 15.9. The van der Waals surface area contributed by atoms with E-state index in [1.165, 1.54) is 63.9 Å². The molecule has 1 atom stereocenters. The van der Waals surface area contributed by atoms with E-state index in [-0.39, 0.29) is 6.10 Å². The van der Waals surface area contributed by atoms with Gasteiger partial charge in [0.25, 0.3) is 0 Å².